The van der Waals surface area contributed by atoms with Crippen LogP contribution in [-0.4, -0.2) is 42.0 Å². The van der Waals surface area contributed by atoms with Crippen LogP contribution in [0.25, 0.3) is 10.6 Å². The fraction of sp³-hybridized carbons (Fsp3) is 0.273. The van der Waals surface area contributed by atoms with Crippen molar-refractivity contribution in [1.82, 2.24) is 9.88 Å². The summed E-state index contributed by atoms with van der Waals surface area (Å²) in [5.41, 5.74) is 2.39. The molecule has 1 aliphatic heterocycles. The lowest BCUT2D eigenvalue weighted by Crippen LogP contribution is -2.48. The molecule has 1 amide bonds. The summed E-state index contributed by atoms with van der Waals surface area (Å²) in [6.07, 6.45) is -4.37. The van der Waals surface area contributed by atoms with Gasteiger partial charge in [0.2, 0.25) is 0 Å². The van der Waals surface area contributed by atoms with Gasteiger partial charge in [-0.05, 0) is 25.1 Å². The van der Waals surface area contributed by atoms with E-state index in [-0.39, 0.29) is 5.91 Å². The maximum Gasteiger partial charge on any atom is 0.416 e. The number of anilines is 1. The molecule has 0 bridgehead atoms. The van der Waals surface area contributed by atoms with Gasteiger partial charge in [-0.2, -0.15) is 13.2 Å². The van der Waals surface area contributed by atoms with Gasteiger partial charge in [0.05, 0.1) is 5.56 Å². The predicted molar refractivity (Wildman–Crippen MR) is 112 cm³/mol. The van der Waals surface area contributed by atoms with E-state index in [0.717, 1.165) is 28.3 Å². The third-order valence-electron chi connectivity index (χ3n) is 5.13. The van der Waals surface area contributed by atoms with Gasteiger partial charge in [-0.25, -0.2) is 4.98 Å². The van der Waals surface area contributed by atoms with Crippen molar-refractivity contribution >= 4 is 22.9 Å². The van der Waals surface area contributed by atoms with Crippen LogP contribution in [0.5, 0.6) is 0 Å². The van der Waals surface area contributed by atoms with Crippen LogP contribution in [0, 0.1) is 6.92 Å². The van der Waals surface area contributed by atoms with E-state index in [1.54, 1.807) is 16.3 Å². The molecule has 0 aliphatic carbocycles. The lowest BCUT2D eigenvalue weighted by atomic mass is 10.1. The third-order valence-corrected chi connectivity index (χ3v) is 6.02. The van der Waals surface area contributed by atoms with Gasteiger partial charge in [-0.3, -0.25) is 4.79 Å². The van der Waals surface area contributed by atoms with Gasteiger partial charge < -0.3 is 9.80 Å². The van der Waals surface area contributed by atoms with Crippen LogP contribution in [0.2, 0.25) is 0 Å². The summed E-state index contributed by atoms with van der Waals surface area (Å²) in [7, 11) is 0. The molecule has 2 aromatic carbocycles. The number of benzene rings is 2. The molecule has 0 atom stereocenters. The minimum atomic E-state index is -4.37. The summed E-state index contributed by atoms with van der Waals surface area (Å²) in [6.45, 7) is 3.84. The van der Waals surface area contributed by atoms with Gasteiger partial charge in [0.15, 0.2) is 0 Å². The summed E-state index contributed by atoms with van der Waals surface area (Å²) in [4.78, 5) is 20.9. The van der Waals surface area contributed by atoms with E-state index in [1.165, 1.54) is 17.4 Å². The Bertz CT molecular complexity index is 1040. The highest BCUT2D eigenvalue weighted by molar-refractivity contribution is 7.13. The third kappa shape index (κ3) is 4.33. The first-order valence-corrected chi connectivity index (χ1v) is 10.4. The van der Waals surface area contributed by atoms with Gasteiger partial charge in [0.25, 0.3) is 5.91 Å². The standard InChI is InChI=1S/C22H20F3N3OS/c1-15-5-7-16(8-6-15)20-26-19(14-30-20)21(29)28-11-9-27(10-12-28)18-4-2-3-17(13-18)22(23,24)25/h2-8,13-14H,9-12H2,1H3. The number of alkyl halides is 3. The average molecular weight is 431 g/mol. The maximum absolute atomic E-state index is 13.0. The molecule has 3 aromatic rings. The molecule has 2 heterocycles. The maximum atomic E-state index is 13.0. The van der Waals surface area contributed by atoms with Crippen LogP contribution in [0.15, 0.2) is 53.9 Å². The Labute approximate surface area is 176 Å². The molecule has 1 aromatic heterocycles. The average Bonchev–Trinajstić information content (AvgIpc) is 3.24. The molecule has 0 saturated carbocycles. The Morgan fingerprint density at radius 1 is 1.03 bits per heavy atom. The fourth-order valence-corrected chi connectivity index (χ4v) is 4.21. The number of halogens is 3. The van der Waals surface area contributed by atoms with Crippen molar-refractivity contribution in [2.24, 2.45) is 0 Å². The summed E-state index contributed by atoms with van der Waals surface area (Å²) in [5, 5.41) is 2.55. The first kappa shape index (κ1) is 20.4. The number of hydrogen-bond acceptors (Lipinski definition) is 4. The smallest absolute Gasteiger partial charge is 0.368 e. The van der Waals surface area contributed by atoms with E-state index >= 15 is 0 Å². The monoisotopic (exact) mass is 431 g/mol. The van der Waals surface area contributed by atoms with Crippen molar-refractivity contribution in [3.05, 3.63) is 70.7 Å². The highest BCUT2D eigenvalue weighted by Gasteiger charge is 2.31. The van der Waals surface area contributed by atoms with E-state index in [9.17, 15) is 18.0 Å². The number of carbonyl (C=O) groups is 1. The molecular weight excluding hydrogens is 411 g/mol. The zero-order valence-corrected chi connectivity index (χ0v) is 17.1. The van der Waals surface area contributed by atoms with E-state index < -0.39 is 11.7 Å². The summed E-state index contributed by atoms with van der Waals surface area (Å²) >= 11 is 1.43. The number of piperazine rings is 1. The van der Waals surface area contributed by atoms with E-state index in [4.69, 9.17) is 0 Å². The highest BCUT2D eigenvalue weighted by atomic mass is 32.1. The molecule has 8 heteroatoms. The van der Waals surface area contributed by atoms with Gasteiger partial charge in [0.1, 0.15) is 10.7 Å². The number of thiazole rings is 1. The molecule has 30 heavy (non-hydrogen) atoms. The first-order chi connectivity index (χ1) is 14.3. The quantitative estimate of drug-likeness (QED) is 0.579. The molecule has 0 spiro atoms. The van der Waals surface area contributed by atoms with Crippen LogP contribution in [-0.2, 0) is 6.18 Å². The van der Waals surface area contributed by atoms with E-state index in [1.807, 2.05) is 36.1 Å². The second-order valence-corrected chi connectivity index (χ2v) is 8.09. The van der Waals surface area contributed by atoms with E-state index in [0.29, 0.717) is 37.6 Å². The molecule has 1 fully saturated rings. The van der Waals surface area contributed by atoms with Crippen LogP contribution in [0.1, 0.15) is 21.6 Å². The van der Waals surface area contributed by atoms with Crippen molar-refractivity contribution in [1.29, 1.82) is 0 Å². The number of nitrogens with zero attached hydrogens (tertiary/aromatic N) is 3. The van der Waals surface area contributed by atoms with Crippen molar-refractivity contribution in [3.63, 3.8) is 0 Å². The number of hydrogen-bond donors (Lipinski definition) is 0. The Kier molecular flexibility index (Phi) is 5.51. The van der Waals surface area contributed by atoms with Gasteiger partial charge in [-0.15, -0.1) is 11.3 Å². The van der Waals surface area contributed by atoms with Crippen LogP contribution in [0.3, 0.4) is 0 Å². The molecule has 0 radical (unpaired) electrons. The number of rotatable bonds is 3. The number of amides is 1. The normalized spacial score (nSPS) is 14.8. The van der Waals surface area contributed by atoms with Gasteiger partial charge in [-0.1, -0.05) is 35.9 Å². The van der Waals surface area contributed by atoms with Crippen LogP contribution < -0.4 is 4.90 Å². The highest BCUT2D eigenvalue weighted by Crippen LogP contribution is 2.32. The second-order valence-electron chi connectivity index (χ2n) is 7.23. The molecule has 4 rings (SSSR count). The van der Waals surface area contributed by atoms with Crippen molar-refractivity contribution < 1.29 is 18.0 Å². The molecule has 1 aliphatic rings. The summed E-state index contributed by atoms with van der Waals surface area (Å²) in [6, 6.07) is 13.3. The molecule has 0 N–H and O–H groups in total. The Morgan fingerprint density at radius 3 is 2.40 bits per heavy atom. The lowest BCUT2D eigenvalue weighted by Gasteiger charge is -2.36. The summed E-state index contributed by atoms with van der Waals surface area (Å²) in [5.74, 6) is -0.145. The Morgan fingerprint density at radius 2 is 1.73 bits per heavy atom. The van der Waals surface area contributed by atoms with Crippen molar-refractivity contribution in [2.45, 2.75) is 13.1 Å². The van der Waals surface area contributed by atoms with Crippen molar-refractivity contribution in [3.8, 4) is 10.6 Å². The topological polar surface area (TPSA) is 36.4 Å². The Hall–Kier alpha value is -2.87. The summed E-state index contributed by atoms with van der Waals surface area (Å²) < 4.78 is 38.9. The largest absolute Gasteiger partial charge is 0.416 e. The molecule has 0 unspecified atom stereocenters. The molecular formula is C22H20F3N3OS. The molecule has 156 valence electrons. The second kappa shape index (κ2) is 8.10. The fourth-order valence-electron chi connectivity index (χ4n) is 3.41. The van der Waals surface area contributed by atoms with Crippen LogP contribution in [0.4, 0.5) is 18.9 Å². The number of aromatic nitrogens is 1. The SMILES string of the molecule is Cc1ccc(-c2nc(C(=O)N3CCN(c4cccc(C(F)(F)F)c4)CC3)cs2)cc1. The minimum absolute atomic E-state index is 0.145. The predicted octanol–water partition coefficient (Wildman–Crippen LogP) is 5.10. The first-order valence-electron chi connectivity index (χ1n) is 9.55. The van der Waals surface area contributed by atoms with Crippen molar-refractivity contribution in [2.75, 3.05) is 31.1 Å². The lowest BCUT2D eigenvalue weighted by molar-refractivity contribution is -0.137. The molecule has 4 nitrogen and oxygen atoms in total. The number of carbonyl (C=O) groups excluding carboxylic acids is 1. The van der Waals surface area contributed by atoms with Gasteiger partial charge >= 0.3 is 6.18 Å². The minimum Gasteiger partial charge on any atom is -0.368 e. The number of aryl methyl sites for hydroxylation is 1. The van der Waals surface area contributed by atoms with E-state index in [2.05, 4.69) is 4.98 Å². The Balaban J connectivity index is 1.41. The molecule has 1 saturated heterocycles. The zero-order valence-electron chi connectivity index (χ0n) is 16.3. The zero-order chi connectivity index (χ0) is 21.3. The van der Waals surface area contributed by atoms with Crippen LogP contribution >= 0.6 is 11.3 Å². The van der Waals surface area contributed by atoms with Gasteiger partial charge in [0, 0.05) is 42.8 Å².